The molecule has 2 aliphatic rings. The molecule has 0 N–H and O–H groups in total. The van der Waals surface area contributed by atoms with Crippen LogP contribution in [0.1, 0.15) is 29.9 Å². The molecule has 2 aromatic rings. The van der Waals surface area contributed by atoms with Gasteiger partial charge in [-0.15, -0.1) is 0 Å². The zero-order valence-electron chi connectivity index (χ0n) is 12.0. The van der Waals surface area contributed by atoms with E-state index in [9.17, 15) is 4.79 Å². The third-order valence-corrected chi connectivity index (χ3v) is 4.72. The first kappa shape index (κ1) is 12.5. The summed E-state index contributed by atoms with van der Waals surface area (Å²) >= 11 is 0. The van der Waals surface area contributed by atoms with Crippen molar-refractivity contribution in [3.8, 4) is 5.75 Å². The molecule has 1 saturated heterocycles. The second kappa shape index (κ2) is 4.35. The molecular weight excluding hydrogens is 262 g/mol. The fourth-order valence-corrected chi connectivity index (χ4v) is 3.58. The van der Waals surface area contributed by atoms with Crippen LogP contribution in [0.4, 0.5) is 0 Å². The first-order valence-corrected chi connectivity index (χ1v) is 7.31. The molecule has 2 heterocycles. The Kier molecular flexibility index (Phi) is 2.58. The van der Waals surface area contributed by atoms with Crippen LogP contribution in [0.2, 0.25) is 0 Å². The lowest BCUT2D eigenvalue weighted by Crippen LogP contribution is -2.57. The number of rotatable bonds is 1. The molecule has 2 unspecified atom stereocenters. The molecule has 0 spiro atoms. The highest BCUT2D eigenvalue weighted by molar-refractivity contribution is 5.79. The van der Waals surface area contributed by atoms with E-state index < -0.39 is 5.72 Å². The number of likely N-dealkylation sites (tertiary alicyclic amines) is 1. The monoisotopic (exact) mass is 279 g/mol. The fraction of sp³-hybridized carbons (Fsp3) is 0.278. The van der Waals surface area contributed by atoms with Crippen molar-refractivity contribution in [3.05, 3.63) is 65.7 Å². The number of benzene rings is 2. The molecule has 3 nitrogen and oxygen atoms in total. The molecule has 2 bridgehead atoms. The van der Waals surface area contributed by atoms with E-state index in [-0.39, 0.29) is 11.8 Å². The standard InChI is InChI=1S/C18H17NO2/c1-19-17(20)11-13-12-18(19,14-7-3-2-4-8-14)21-16-10-6-5-9-15(13)16/h2-10,13H,11-12H2,1H3. The van der Waals surface area contributed by atoms with Gasteiger partial charge < -0.3 is 9.64 Å². The van der Waals surface area contributed by atoms with Crippen LogP contribution in [0.5, 0.6) is 5.75 Å². The SMILES string of the molecule is CN1C(=O)CC2CC1(c1ccccc1)Oc1ccccc12. The van der Waals surface area contributed by atoms with Gasteiger partial charge in [0, 0.05) is 31.4 Å². The summed E-state index contributed by atoms with van der Waals surface area (Å²) in [5, 5.41) is 0. The molecule has 106 valence electrons. The third kappa shape index (κ3) is 1.70. The number of hydrogen-bond donors (Lipinski definition) is 0. The Labute approximate surface area is 124 Å². The Morgan fingerprint density at radius 1 is 1.10 bits per heavy atom. The zero-order chi connectivity index (χ0) is 14.4. The van der Waals surface area contributed by atoms with Gasteiger partial charge in [-0.2, -0.15) is 0 Å². The van der Waals surface area contributed by atoms with Gasteiger partial charge in [0.2, 0.25) is 11.6 Å². The maximum absolute atomic E-state index is 12.4. The van der Waals surface area contributed by atoms with Crippen LogP contribution in [0.25, 0.3) is 0 Å². The summed E-state index contributed by atoms with van der Waals surface area (Å²) in [5.41, 5.74) is 1.53. The van der Waals surface area contributed by atoms with Gasteiger partial charge in [-0.1, -0.05) is 48.5 Å². The summed E-state index contributed by atoms with van der Waals surface area (Å²) < 4.78 is 6.36. The van der Waals surface area contributed by atoms with Gasteiger partial charge in [0.25, 0.3) is 0 Å². The first-order chi connectivity index (χ1) is 10.2. The summed E-state index contributed by atoms with van der Waals surface area (Å²) in [4.78, 5) is 14.2. The molecule has 4 rings (SSSR count). The highest BCUT2D eigenvalue weighted by Gasteiger charge is 2.51. The van der Waals surface area contributed by atoms with Crippen molar-refractivity contribution in [2.24, 2.45) is 0 Å². The lowest BCUT2D eigenvalue weighted by Gasteiger charge is -2.51. The Morgan fingerprint density at radius 2 is 1.81 bits per heavy atom. The summed E-state index contributed by atoms with van der Waals surface area (Å²) in [7, 11) is 1.85. The largest absolute Gasteiger partial charge is 0.463 e. The lowest BCUT2D eigenvalue weighted by molar-refractivity contribution is -0.167. The van der Waals surface area contributed by atoms with Crippen LogP contribution in [0.15, 0.2) is 54.6 Å². The highest BCUT2D eigenvalue weighted by Crippen LogP contribution is 2.51. The minimum Gasteiger partial charge on any atom is -0.463 e. The number of piperidine rings is 1. The fourth-order valence-electron chi connectivity index (χ4n) is 3.58. The molecule has 2 aromatic carbocycles. The number of carbonyl (C=O) groups is 1. The Hall–Kier alpha value is -2.29. The van der Waals surface area contributed by atoms with Crippen molar-refractivity contribution in [2.75, 3.05) is 7.05 Å². The van der Waals surface area contributed by atoms with Crippen molar-refractivity contribution in [1.29, 1.82) is 0 Å². The summed E-state index contributed by atoms with van der Waals surface area (Å²) in [6.45, 7) is 0. The summed E-state index contributed by atoms with van der Waals surface area (Å²) in [6.07, 6.45) is 1.38. The maximum Gasteiger partial charge on any atom is 0.226 e. The van der Waals surface area contributed by atoms with Gasteiger partial charge in [-0.05, 0) is 11.6 Å². The normalized spacial score (nSPS) is 27.0. The number of hydrogen-bond acceptors (Lipinski definition) is 2. The van der Waals surface area contributed by atoms with Crippen LogP contribution in [-0.4, -0.2) is 17.9 Å². The van der Waals surface area contributed by atoms with Crippen molar-refractivity contribution in [1.82, 2.24) is 4.90 Å². The molecule has 3 heteroatoms. The number of nitrogens with zero attached hydrogens (tertiary/aromatic N) is 1. The van der Waals surface area contributed by atoms with Gasteiger partial charge in [-0.3, -0.25) is 4.79 Å². The Balaban J connectivity index is 1.91. The van der Waals surface area contributed by atoms with E-state index in [4.69, 9.17) is 4.74 Å². The molecule has 21 heavy (non-hydrogen) atoms. The predicted octanol–water partition coefficient (Wildman–Crippen LogP) is 3.27. The minimum atomic E-state index is -0.671. The van der Waals surface area contributed by atoms with Crippen LogP contribution < -0.4 is 4.74 Å². The van der Waals surface area contributed by atoms with Crippen LogP contribution in [0.3, 0.4) is 0 Å². The number of carbonyl (C=O) groups excluding carboxylic acids is 1. The summed E-state index contributed by atoms with van der Waals surface area (Å²) in [5.74, 6) is 1.28. The second-order valence-electron chi connectivity index (χ2n) is 5.85. The predicted molar refractivity (Wildman–Crippen MR) is 79.9 cm³/mol. The number of ether oxygens (including phenoxy) is 1. The highest BCUT2D eigenvalue weighted by atomic mass is 16.5. The van der Waals surface area contributed by atoms with Gasteiger partial charge in [0.05, 0.1) is 0 Å². The van der Waals surface area contributed by atoms with E-state index in [2.05, 4.69) is 6.07 Å². The molecule has 2 aliphatic heterocycles. The number of para-hydroxylation sites is 1. The average Bonchev–Trinajstić information content (AvgIpc) is 2.53. The van der Waals surface area contributed by atoms with Gasteiger partial charge in [-0.25, -0.2) is 0 Å². The van der Waals surface area contributed by atoms with E-state index in [1.807, 2.05) is 55.6 Å². The van der Waals surface area contributed by atoms with Crippen molar-refractivity contribution < 1.29 is 9.53 Å². The first-order valence-electron chi connectivity index (χ1n) is 7.31. The molecule has 0 aliphatic carbocycles. The van der Waals surface area contributed by atoms with Crippen molar-refractivity contribution in [3.63, 3.8) is 0 Å². The van der Waals surface area contributed by atoms with E-state index in [1.54, 1.807) is 4.90 Å². The number of fused-ring (bicyclic) bond motifs is 4. The quantitative estimate of drug-likeness (QED) is 0.802. The Morgan fingerprint density at radius 3 is 2.62 bits per heavy atom. The molecule has 0 radical (unpaired) electrons. The Bertz CT molecular complexity index is 697. The lowest BCUT2D eigenvalue weighted by atomic mass is 9.77. The van der Waals surface area contributed by atoms with E-state index >= 15 is 0 Å². The third-order valence-electron chi connectivity index (χ3n) is 4.72. The van der Waals surface area contributed by atoms with Gasteiger partial charge >= 0.3 is 0 Å². The molecule has 1 amide bonds. The van der Waals surface area contributed by atoms with Crippen LogP contribution in [-0.2, 0) is 10.5 Å². The minimum absolute atomic E-state index is 0.143. The molecule has 2 atom stereocenters. The zero-order valence-corrected chi connectivity index (χ0v) is 12.0. The topological polar surface area (TPSA) is 29.5 Å². The second-order valence-corrected chi connectivity index (χ2v) is 5.85. The molecule has 0 aromatic heterocycles. The summed E-state index contributed by atoms with van der Waals surface area (Å²) in [6, 6.07) is 18.1. The van der Waals surface area contributed by atoms with Crippen LogP contribution >= 0.6 is 0 Å². The van der Waals surface area contributed by atoms with Crippen molar-refractivity contribution >= 4 is 5.91 Å². The molecule has 1 fully saturated rings. The molecule has 0 saturated carbocycles. The molecular formula is C18H17NO2. The van der Waals surface area contributed by atoms with Gasteiger partial charge in [0.1, 0.15) is 5.75 Å². The van der Waals surface area contributed by atoms with Crippen LogP contribution in [0, 0.1) is 0 Å². The number of amides is 1. The maximum atomic E-state index is 12.4. The average molecular weight is 279 g/mol. The smallest absolute Gasteiger partial charge is 0.226 e. The van der Waals surface area contributed by atoms with E-state index in [0.717, 1.165) is 23.3 Å². The van der Waals surface area contributed by atoms with E-state index in [1.165, 1.54) is 0 Å². The van der Waals surface area contributed by atoms with Crippen molar-refractivity contribution in [2.45, 2.75) is 24.5 Å². The van der Waals surface area contributed by atoms with E-state index in [0.29, 0.717) is 6.42 Å². The van der Waals surface area contributed by atoms with Gasteiger partial charge in [0.15, 0.2) is 0 Å².